The number of ether oxygens (including phenoxy) is 2. The lowest BCUT2D eigenvalue weighted by atomic mass is 10.1. The van der Waals surface area contributed by atoms with Crippen molar-refractivity contribution in [3.8, 4) is 0 Å². The highest BCUT2D eigenvalue weighted by atomic mass is 16.5. The first-order valence-corrected chi connectivity index (χ1v) is 6.56. The third-order valence-corrected chi connectivity index (χ3v) is 3.11. The van der Waals surface area contributed by atoms with Crippen LogP contribution in [0.2, 0.25) is 0 Å². The number of carbonyl (C=O) groups excluding carboxylic acids is 2. The monoisotopic (exact) mass is 300 g/mol. The molecule has 0 fully saturated rings. The van der Waals surface area contributed by atoms with Gasteiger partial charge in [-0.05, 0) is 18.6 Å². The van der Waals surface area contributed by atoms with E-state index in [1.807, 2.05) is 31.2 Å². The van der Waals surface area contributed by atoms with E-state index in [9.17, 15) is 9.59 Å². The second-order valence-electron chi connectivity index (χ2n) is 4.53. The van der Waals surface area contributed by atoms with Gasteiger partial charge >= 0.3 is 11.9 Å². The molecule has 1 aromatic carbocycles. The molecule has 0 radical (unpaired) electrons. The number of hydrogen-bond acceptors (Lipinski definition) is 6. The number of benzene rings is 1. The number of pyridine rings is 1. The van der Waals surface area contributed by atoms with Crippen LogP contribution in [-0.4, -0.2) is 31.1 Å². The molecule has 0 spiro atoms. The predicted molar refractivity (Wildman–Crippen MR) is 82.2 cm³/mol. The van der Waals surface area contributed by atoms with Gasteiger partial charge in [-0.2, -0.15) is 0 Å². The zero-order valence-corrected chi connectivity index (χ0v) is 12.5. The summed E-state index contributed by atoms with van der Waals surface area (Å²) in [6.45, 7) is 1.88. The van der Waals surface area contributed by atoms with Gasteiger partial charge in [-0.15, -0.1) is 0 Å². The largest absolute Gasteiger partial charge is 0.466 e. The molecule has 6 nitrogen and oxygen atoms in total. The Kier molecular flexibility index (Phi) is 4.73. The second kappa shape index (κ2) is 6.71. The maximum atomic E-state index is 11.8. The summed E-state index contributed by atoms with van der Waals surface area (Å²) in [7, 11) is 2.47. The van der Waals surface area contributed by atoms with E-state index < -0.39 is 11.9 Å². The molecule has 2 rings (SSSR count). The van der Waals surface area contributed by atoms with Crippen molar-refractivity contribution in [2.75, 3.05) is 19.5 Å². The molecule has 0 saturated carbocycles. The van der Waals surface area contributed by atoms with Crippen molar-refractivity contribution < 1.29 is 19.1 Å². The van der Waals surface area contributed by atoms with E-state index in [1.54, 1.807) is 6.20 Å². The highest BCUT2D eigenvalue weighted by Crippen LogP contribution is 2.26. The topological polar surface area (TPSA) is 77.5 Å². The number of fused-ring (bicyclic) bond motifs is 1. The van der Waals surface area contributed by atoms with Crippen molar-refractivity contribution in [1.82, 2.24) is 4.98 Å². The number of rotatable bonds is 4. The first-order valence-electron chi connectivity index (χ1n) is 6.56. The Balaban J connectivity index is 2.51. The Morgan fingerprint density at radius 1 is 1.18 bits per heavy atom. The van der Waals surface area contributed by atoms with E-state index in [4.69, 9.17) is 0 Å². The third-order valence-electron chi connectivity index (χ3n) is 3.11. The molecule has 0 atom stereocenters. The molecule has 1 heterocycles. The molecule has 2 aromatic rings. The lowest BCUT2D eigenvalue weighted by Gasteiger charge is -2.13. The van der Waals surface area contributed by atoms with Crippen molar-refractivity contribution in [3.63, 3.8) is 0 Å². The van der Waals surface area contributed by atoms with Gasteiger partial charge in [-0.1, -0.05) is 18.2 Å². The molecule has 114 valence electrons. The van der Waals surface area contributed by atoms with Gasteiger partial charge < -0.3 is 14.8 Å². The van der Waals surface area contributed by atoms with Crippen LogP contribution >= 0.6 is 0 Å². The average molecular weight is 300 g/mol. The van der Waals surface area contributed by atoms with Crippen molar-refractivity contribution in [1.29, 1.82) is 0 Å². The average Bonchev–Trinajstić information content (AvgIpc) is 2.55. The van der Waals surface area contributed by atoms with Gasteiger partial charge in [0, 0.05) is 11.6 Å². The van der Waals surface area contributed by atoms with Gasteiger partial charge in [0.1, 0.15) is 5.70 Å². The number of hydrogen-bond donors (Lipinski definition) is 1. The third kappa shape index (κ3) is 3.22. The van der Waals surface area contributed by atoms with Crippen molar-refractivity contribution in [3.05, 3.63) is 47.8 Å². The lowest BCUT2D eigenvalue weighted by molar-refractivity contribution is -0.138. The van der Waals surface area contributed by atoms with Crippen LogP contribution in [0.25, 0.3) is 10.9 Å². The van der Waals surface area contributed by atoms with Crippen molar-refractivity contribution in [2.24, 2.45) is 0 Å². The van der Waals surface area contributed by atoms with E-state index in [-0.39, 0.29) is 5.70 Å². The minimum Gasteiger partial charge on any atom is -0.466 e. The van der Waals surface area contributed by atoms with Gasteiger partial charge in [0.05, 0.1) is 31.5 Å². The van der Waals surface area contributed by atoms with E-state index in [0.717, 1.165) is 17.0 Å². The van der Waals surface area contributed by atoms with Crippen LogP contribution in [0.1, 0.15) is 5.56 Å². The summed E-state index contributed by atoms with van der Waals surface area (Å²) >= 11 is 0. The van der Waals surface area contributed by atoms with Gasteiger partial charge in [0.2, 0.25) is 0 Å². The lowest BCUT2D eigenvalue weighted by Crippen LogP contribution is -2.16. The highest BCUT2D eigenvalue weighted by Gasteiger charge is 2.15. The zero-order valence-electron chi connectivity index (χ0n) is 12.5. The Morgan fingerprint density at radius 3 is 2.64 bits per heavy atom. The number of methoxy groups -OCH3 is 2. The molecule has 0 bridgehead atoms. The number of anilines is 1. The van der Waals surface area contributed by atoms with Gasteiger partial charge in [0.25, 0.3) is 0 Å². The summed E-state index contributed by atoms with van der Waals surface area (Å²) in [4.78, 5) is 27.6. The van der Waals surface area contributed by atoms with E-state index in [0.29, 0.717) is 11.2 Å². The molecule has 1 N–H and O–H groups in total. The standard InChI is InChI=1S/C16H16N2O4/c1-10-6-7-11-5-4-8-17-15(11)14(10)18-12(16(20)22-3)9-13(19)21-2/h4-9,18H,1-3H3/b12-9+. The van der Waals surface area contributed by atoms with Crippen LogP contribution in [0.3, 0.4) is 0 Å². The summed E-state index contributed by atoms with van der Waals surface area (Å²) in [6.07, 6.45) is 2.71. The predicted octanol–water partition coefficient (Wildman–Crippen LogP) is 2.19. The normalized spacial score (nSPS) is 11.1. The number of nitrogens with one attached hydrogen (secondary N) is 1. The minimum atomic E-state index is -0.669. The smallest absolute Gasteiger partial charge is 0.354 e. The number of aryl methyl sites for hydroxylation is 1. The molecule has 0 aliphatic rings. The molecule has 0 aliphatic heterocycles. The van der Waals surface area contributed by atoms with Crippen molar-refractivity contribution in [2.45, 2.75) is 6.92 Å². The maximum Gasteiger partial charge on any atom is 0.354 e. The van der Waals surface area contributed by atoms with Gasteiger partial charge in [0.15, 0.2) is 0 Å². The Labute approximate surface area is 127 Å². The van der Waals surface area contributed by atoms with Gasteiger partial charge in [-0.25, -0.2) is 9.59 Å². The van der Waals surface area contributed by atoms with E-state index in [2.05, 4.69) is 19.8 Å². The summed E-state index contributed by atoms with van der Waals surface area (Å²) < 4.78 is 9.24. The fourth-order valence-electron chi connectivity index (χ4n) is 1.97. The van der Waals surface area contributed by atoms with Crippen LogP contribution in [0.5, 0.6) is 0 Å². The molecule has 6 heteroatoms. The van der Waals surface area contributed by atoms with Crippen molar-refractivity contribution >= 4 is 28.5 Å². The number of aromatic nitrogens is 1. The maximum absolute atomic E-state index is 11.8. The Hall–Kier alpha value is -2.89. The summed E-state index contributed by atoms with van der Waals surface area (Å²) in [5, 5.41) is 3.84. The summed E-state index contributed by atoms with van der Waals surface area (Å²) in [5.41, 5.74) is 2.20. The van der Waals surface area contributed by atoms with Crippen LogP contribution in [0, 0.1) is 6.92 Å². The quantitative estimate of drug-likeness (QED) is 0.689. The molecule has 1 aromatic heterocycles. The first kappa shape index (κ1) is 15.5. The fraction of sp³-hybridized carbons (Fsp3) is 0.188. The molecule has 0 amide bonds. The van der Waals surface area contributed by atoms with Crippen LogP contribution in [0.15, 0.2) is 42.2 Å². The molecular weight excluding hydrogens is 284 g/mol. The molecule has 22 heavy (non-hydrogen) atoms. The summed E-state index contributed by atoms with van der Waals surface area (Å²) in [6, 6.07) is 7.58. The molecular formula is C16H16N2O4. The van der Waals surface area contributed by atoms with E-state index in [1.165, 1.54) is 14.2 Å². The zero-order chi connectivity index (χ0) is 16.1. The fourth-order valence-corrected chi connectivity index (χ4v) is 1.97. The minimum absolute atomic E-state index is 0.0180. The second-order valence-corrected chi connectivity index (χ2v) is 4.53. The Morgan fingerprint density at radius 2 is 1.95 bits per heavy atom. The Bertz CT molecular complexity index is 753. The summed E-state index contributed by atoms with van der Waals surface area (Å²) in [5.74, 6) is -1.32. The highest BCUT2D eigenvalue weighted by molar-refractivity contribution is 6.02. The molecule has 0 aliphatic carbocycles. The molecule has 0 saturated heterocycles. The van der Waals surface area contributed by atoms with Gasteiger partial charge in [-0.3, -0.25) is 4.98 Å². The number of carbonyl (C=O) groups is 2. The van der Waals surface area contributed by atoms with Crippen LogP contribution in [-0.2, 0) is 19.1 Å². The molecule has 0 unspecified atom stereocenters. The SMILES string of the molecule is COC(=O)/C=C(/Nc1c(C)ccc2cccnc12)C(=O)OC. The van der Waals surface area contributed by atoms with E-state index >= 15 is 0 Å². The van der Waals surface area contributed by atoms with Crippen LogP contribution in [0.4, 0.5) is 5.69 Å². The number of esters is 2. The first-order chi connectivity index (χ1) is 10.6. The number of nitrogens with zero attached hydrogens (tertiary/aromatic N) is 1. The van der Waals surface area contributed by atoms with Crippen LogP contribution < -0.4 is 5.32 Å².